The van der Waals surface area contributed by atoms with Crippen LogP contribution in [-0.2, 0) is 13.8 Å². The molecule has 2 unspecified atom stereocenters. The number of unbranched alkanes of at least 4 members (excludes halogenated alkanes) is 2. The summed E-state index contributed by atoms with van der Waals surface area (Å²) in [5, 5.41) is 12.8. The maximum Gasteiger partial charge on any atom is 0.407 e. The van der Waals surface area contributed by atoms with Crippen molar-refractivity contribution < 1.29 is 28.6 Å². The van der Waals surface area contributed by atoms with E-state index >= 15 is 0 Å². The number of nitrogens with one attached hydrogen (secondary N) is 1. The van der Waals surface area contributed by atoms with E-state index in [0.29, 0.717) is 18.4 Å². The summed E-state index contributed by atoms with van der Waals surface area (Å²) in [5.41, 5.74) is 2.31. The molecule has 3 fully saturated rings. The molecule has 4 aliphatic carbocycles. The van der Waals surface area contributed by atoms with Crippen molar-refractivity contribution in [3.8, 4) is 0 Å². The summed E-state index contributed by atoms with van der Waals surface area (Å²) in [6, 6.07) is 0. The predicted molar refractivity (Wildman–Crippen MR) is 177 cm³/mol. The van der Waals surface area contributed by atoms with Crippen molar-refractivity contribution in [3.05, 3.63) is 11.6 Å². The quantitative estimate of drug-likeness (QED) is 0.0941. The van der Waals surface area contributed by atoms with Crippen LogP contribution >= 0.6 is 7.60 Å². The standard InChI is InChI=1S/C36H64NO6P/c1-25(2)11-10-12-26(3)31-16-17-32-30-15-14-27-23-29(18-20-35(27,4)33(30)19-21-36(31,32)5)43-34(39)37-22-9-7-8-13-28(38)24-42-44(6,40)41/h14,25-26,28-33,38H,7-13,15-24H2,1-6H3,(H,37,39)(H,40,41)/t26-,28?,29+,30+,31-,32+,33+,35+,36-/m1/s1. The second-order valence-corrected chi connectivity index (χ2v) is 18.0. The van der Waals surface area contributed by atoms with Gasteiger partial charge in [0.25, 0.3) is 0 Å². The zero-order chi connectivity index (χ0) is 32.1. The maximum absolute atomic E-state index is 12.6. The van der Waals surface area contributed by atoms with E-state index in [4.69, 9.17) is 14.2 Å². The molecule has 4 aliphatic rings. The molecule has 3 N–H and O–H groups in total. The fourth-order valence-corrected chi connectivity index (χ4v) is 10.6. The molecule has 0 aromatic carbocycles. The van der Waals surface area contributed by atoms with Crippen LogP contribution in [-0.4, -0.2) is 48.1 Å². The summed E-state index contributed by atoms with van der Waals surface area (Å²) >= 11 is 0. The summed E-state index contributed by atoms with van der Waals surface area (Å²) in [6.07, 6.45) is 18.2. The number of hydrogen-bond donors (Lipinski definition) is 3. The van der Waals surface area contributed by atoms with Gasteiger partial charge in [0.15, 0.2) is 0 Å². The molecule has 0 saturated heterocycles. The molecule has 0 bridgehead atoms. The van der Waals surface area contributed by atoms with Gasteiger partial charge in [-0.1, -0.05) is 78.4 Å². The Morgan fingerprint density at radius 2 is 1.80 bits per heavy atom. The lowest BCUT2D eigenvalue weighted by Crippen LogP contribution is -2.51. The van der Waals surface area contributed by atoms with Gasteiger partial charge < -0.3 is 24.6 Å². The van der Waals surface area contributed by atoms with Gasteiger partial charge in [0.1, 0.15) is 6.10 Å². The van der Waals surface area contributed by atoms with Crippen LogP contribution < -0.4 is 5.32 Å². The van der Waals surface area contributed by atoms with E-state index in [1.807, 2.05) is 0 Å². The highest BCUT2D eigenvalue weighted by molar-refractivity contribution is 7.51. The third kappa shape index (κ3) is 8.92. The number of rotatable bonds is 15. The Balaban J connectivity index is 1.20. The zero-order valence-corrected chi connectivity index (χ0v) is 29.6. The van der Waals surface area contributed by atoms with E-state index in [1.54, 1.807) is 5.57 Å². The lowest BCUT2D eigenvalue weighted by Gasteiger charge is -2.58. The largest absolute Gasteiger partial charge is 0.446 e. The Bertz CT molecular complexity index is 1030. The minimum absolute atomic E-state index is 0.0431. The lowest BCUT2D eigenvalue weighted by atomic mass is 9.47. The van der Waals surface area contributed by atoms with Gasteiger partial charge in [0, 0.05) is 19.6 Å². The monoisotopic (exact) mass is 637 g/mol. The summed E-state index contributed by atoms with van der Waals surface area (Å²) in [6.45, 7) is 14.0. The van der Waals surface area contributed by atoms with Crippen LogP contribution in [0.3, 0.4) is 0 Å². The van der Waals surface area contributed by atoms with Gasteiger partial charge in [0.05, 0.1) is 12.7 Å². The third-order valence-corrected chi connectivity index (χ3v) is 13.2. The van der Waals surface area contributed by atoms with Crippen LogP contribution in [0.25, 0.3) is 0 Å². The highest BCUT2D eigenvalue weighted by Gasteiger charge is 2.59. The lowest BCUT2D eigenvalue weighted by molar-refractivity contribution is -0.0581. The minimum Gasteiger partial charge on any atom is -0.446 e. The van der Waals surface area contributed by atoms with Gasteiger partial charge in [0.2, 0.25) is 0 Å². The number of allylic oxidation sites excluding steroid dienone is 1. The van der Waals surface area contributed by atoms with Crippen LogP contribution in [0.5, 0.6) is 0 Å². The molecule has 0 radical (unpaired) electrons. The highest BCUT2D eigenvalue weighted by atomic mass is 31.2. The second kappa shape index (κ2) is 15.3. The molecular weight excluding hydrogens is 573 g/mol. The number of alkyl carbamates (subject to hydrolysis) is 1. The number of aliphatic hydroxyl groups excluding tert-OH is 1. The van der Waals surface area contributed by atoms with E-state index in [9.17, 15) is 14.5 Å². The molecule has 44 heavy (non-hydrogen) atoms. The Hall–Kier alpha value is -0.880. The number of fused-ring (bicyclic) bond motifs is 5. The summed E-state index contributed by atoms with van der Waals surface area (Å²) in [7, 11) is -3.56. The molecule has 7 nitrogen and oxygen atoms in total. The number of ether oxygens (including phenoxy) is 1. The maximum atomic E-state index is 12.6. The first-order valence-corrected chi connectivity index (χ1v) is 20.0. The fourth-order valence-electron chi connectivity index (χ4n) is 10.1. The van der Waals surface area contributed by atoms with Gasteiger partial charge in [-0.2, -0.15) is 0 Å². The molecule has 254 valence electrons. The molecule has 0 spiro atoms. The third-order valence-electron chi connectivity index (χ3n) is 12.5. The number of hydrogen-bond acceptors (Lipinski definition) is 5. The van der Waals surface area contributed by atoms with Gasteiger partial charge in [-0.25, -0.2) is 4.79 Å². The molecule has 0 aromatic rings. The number of amides is 1. The normalized spacial score (nSPS) is 35.9. The molecular formula is C36H64NO6P. The van der Waals surface area contributed by atoms with Crippen molar-refractivity contribution in [2.75, 3.05) is 19.8 Å². The molecule has 0 aromatic heterocycles. The summed E-state index contributed by atoms with van der Waals surface area (Å²) in [4.78, 5) is 21.7. The van der Waals surface area contributed by atoms with E-state index in [2.05, 4.69) is 46.0 Å². The molecule has 4 rings (SSSR count). The summed E-state index contributed by atoms with van der Waals surface area (Å²) in [5.74, 6) is 4.98. The number of aliphatic hydroxyl groups is 1. The SMILES string of the molecule is CC(C)CCC[C@@H](C)[C@H]1CC[C@H]2[C@@H]3CC=C4C[C@@H](OC(=O)NCCCCCC(O)COP(C)(=O)O)CC[C@]4(C)[C@H]3CC[C@]12C. The molecule has 3 saturated carbocycles. The van der Waals surface area contributed by atoms with E-state index in [0.717, 1.165) is 80.7 Å². The first-order chi connectivity index (χ1) is 20.7. The van der Waals surface area contributed by atoms with Crippen molar-refractivity contribution in [2.45, 2.75) is 143 Å². The van der Waals surface area contributed by atoms with Crippen LogP contribution in [0.2, 0.25) is 0 Å². The highest BCUT2D eigenvalue weighted by Crippen LogP contribution is 2.67. The van der Waals surface area contributed by atoms with Crippen molar-refractivity contribution in [2.24, 2.45) is 46.3 Å². The van der Waals surface area contributed by atoms with Crippen molar-refractivity contribution in [3.63, 3.8) is 0 Å². The number of carbonyl (C=O) groups is 1. The van der Waals surface area contributed by atoms with Gasteiger partial charge in [-0.3, -0.25) is 4.57 Å². The van der Waals surface area contributed by atoms with E-state index < -0.39 is 13.7 Å². The molecule has 1 amide bonds. The van der Waals surface area contributed by atoms with Crippen LogP contribution in [0.1, 0.15) is 131 Å². The Morgan fingerprint density at radius 3 is 2.52 bits per heavy atom. The topological polar surface area (TPSA) is 105 Å². The number of carbonyl (C=O) groups excluding carboxylic acids is 1. The fraction of sp³-hybridized carbons (Fsp3) is 0.917. The van der Waals surface area contributed by atoms with Crippen LogP contribution in [0.4, 0.5) is 4.79 Å². The Kier molecular flexibility index (Phi) is 12.5. The van der Waals surface area contributed by atoms with E-state index in [-0.39, 0.29) is 24.2 Å². The molecule has 8 heteroatoms. The second-order valence-electron chi connectivity index (χ2n) is 16.1. The average Bonchev–Trinajstić information content (AvgIpc) is 3.30. The zero-order valence-electron chi connectivity index (χ0n) is 28.7. The first-order valence-electron chi connectivity index (χ1n) is 18.0. The Morgan fingerprint density at radius 1 is 1.02 bits per heavy atom. The van der Waals surface area contributed by atoms with E-state index in [1.165, 1.54) is 51.4 Å². The van der Waals surface area contributed by atoms with Crippen molar-refractivity contribution in [1.82, 2.24) is 5.32 Å². The van der Waals surface area contributed by atoms with Crippen LogP contribution in [0, 0.1) is 46.3 Å². The van der Waals surface area contributed by atoms with Crippen molar-refractivity contribution >= 4 is 13.7 Å². The molecule has 0 aliphatic heterocycles. The molecule has 10 atom stereocenters. The van der Waals surface area contributed by atoms with Gasteiger partial charge in [-0.05, 0) is 104 Å². The Labute approximate surface area is 268 Å². The summed E-state index contributed by atoms with van der Waals surface area (Å²) < 4.78 is 21.8. The van der Waals surface area contributed by atoms with Crippen LogP contribution in [0.15, 0.2) is 11.6 Å². The minimum atomic E-state index is -3.56. The van der Waals surface area contributed by atoms with Crippen molar-refractivity contribution in [1.29, 1.82) is 0 Å². The first kappa shape index (κ1) is 36.0. The average molecular weight is 638 g/mol. The predicted octanol–water partition coefficient (Wildman–Crippen LogP) is 8.88. The van der Waals surface area contributed by atoms with Gasteiger partial charge >= 0.3 is 13.7 Å². The smallest absolute Gasteiger partial charge is 0.407 e. The van der Waals surface area contributed by atoms with Gasteiger partial charge in [-0.15, -0.1) is 0 Å². The molecule has 0 heterocycles.